The van der Waals surface area contributed by atoms with Crippen molar-refractivity contribution in [2.24, 2.45) is 5.92 Å². The minimum absolute atomic E-state index is 0.207. The van der Waals surface area contributed by atoms with E-state index in [2.05, 4.69) is 32.3 Å². The predicted octanol–water partition coefficient (Wildman–Crippen LogP) is 4.34. The van der Waals surface area contributed by atoms with Crippen LogP contribution in [0.1, 0.15) is 29.0 Å². The molecule has 1 atom stereocenters. The third-order valence-corrected chi connectivity index (χ3v) is 6.81. The Kier molecular flexibility index (Phi) is 4.29. The first-order valence-corrected chi connectivity index (χ1v) is 9.65. The minimum atomic E-state index is -4.80. The summed E-state index contributed by atoms with van der Waals surface area (Å²) in [5, 5.41) is 27.6. The van der Waals surface area contributed by atoms with Crippen LogP contribution >= 0.6 is 27.3 Å². The van der Waals surface area contributed by atoms with Crippen LogP contribution in [0.3, 0.4) is 0 Å². The Morgan fingerprint density at radius 2 is 2.11 bits per heavy atom. The van der Waals surface area contributed by atoms with Crippen LogP contribution in [0.5, 0.6) is 0 Å². The van der Waals surface area contributed by atoms with Crippen molar-refractivity contribution in [1.29, 1.82) is 5.26 Å². The van der Waals surface area contributed by atoms with Crippen molar-refractivity contribution in [3.8, 4) is 6.07 Å². The Morgan fingerprint density at radius 1 is 1.37 bits per heavy atom. The van der Waals surface area contributed by atoms with Crippen LogP contribution in [0.15, 0.2) is 28.9 Å². The maximum atomic E-state index is 13.4. The highest BCUT2D eigenvalue weighted by atomic mass is 79.9. The quantitative estimate of drug-likeness (QED) is 0.633. The molecule has 0 spiro atoms. The predicted molar refractivity (Wildman–Crippen MR) is 96.0 cm³/mol. The largest absolute Gasteiger partial charge is 0.423 e. The van der Waals surface area contributed by atoms with Gasteiger partial charge in [0.25, 0.3) is 0 Å². The fourth-order valence-corrected chi connectivity index (χ4v) is 4.87. The van der Waals surface area contributed by atoms with Gasteiger partial charge in [0, 0.05) is 16.0 Å². The summed E-state index contributed by atoms with van der Waals surface area (Å²) in [5.41, 5.74) is -2.61. The smallest absolute Gasteiger partial charge is 0.375 e. The second-order valence-corrected chi connectivity index (χ2v) is 8.37. The van der Waals surface area contributed by atoms with Crippen LogP contribution in [-0.4, -0.2) is 26.3 Å². The molecule has 4 rings (SSSR count). The molecule has 0 radical (unpaired) electrons. The molecule has 1 aromatic carbocycles. The molecule has 27 heavy (non-hydrogen) atoms. The first kappa shape index (κ1) is 18.4. The Balaban J connectivity index is 1.63. The van der Waals surface area contributed by atoms with Crippen LogP contribution in [0, 0.1) is 17.2 Å². The van der Waals surface area contributed by atoms with Crippen LogP contribution in [-0.2, 0) is 12.1 Å². The zero-order chi connectivity index (χ0) is 19.4. The van der Waals surface area contributed by atoms with E-state index in [9.17, 15) is 18.3 Å². The average Bonchev–Trinajstić information content (AvgIpc) is 3.29. The molecule has 3 aromatic rings. The highest BCUT2D eigenvalue weighted by molar-refractivity contribution is 9.10. The number of benzene rings is 1. The van der Waals surface area contributed by atoms with Crippen LogP contribution < -0.4 is 0 Å². The molecule has 1 saturated carbocycles. The van der Waals surface area contributed by atoms with Crippen molar-refractivity contribution in [3.05, 3.63) is 45.0 Å². The van der Waals surface area contributed by atoms with Crippen LogP contribution in [0.25, 0.3) is 10.1 Å². The third-order valence-electron chi connectivity index (χ3n) is 4.67. The number of nitrogens with zero attached hydrogens (tertiary/aromatic N) is 4. The first-order valence-electron chi connectivity index (χ1n) is 8.04. The standard InChI is InChI=1S/C17H12BrF3N4OS/c18-15-11-4-1-9(5-12(11)27-13(15)6-22)7-25-8-14(23-24-25)16(26,10-2-3-10)17(19,20)21/h1,4-5,8,10,26H,2-3,7H2. The topological polar surface area (TPSA) is 74.7 Å². The number of thiophene rings is 1. The fraction of sp³-hybridized carbons (Fsp3) is 0.353. The lowest BCUT2D eigenvalue weighted by atomic mass is 9.93. The second-order valence-electron chi connectivity index (χ2n) is 6.53. The Morgan fingerprint density at radius 3 is 2.74 bits per heavy atom. The van der Waals surface area contributed by atoms with Gasteiger partial charge in [0.15, 0.2) is 0 Å². The van der Waals surface area contributed by atoms with Gasteiger partial charge in [-0.1, -0.05) is 17.3 Å². The van der Waals surface area contributed by atoms with Gasteiger partial charge in [0.1, 0.15) is 16.6 Å². The van der Waals surface area contributed by atoms with E-state index >= 15 is 0 Å². The maximum absolute atomic E-state index is 13.4. The Bertz CT molecular complexity index is 1070. The molecule has 2 heterocycles. The van der Waals surface area contributed by atoms with Crippen molar-refractivity contribution in [1.82, 2.24) is 15.0 Å². The maximum Gasteiger partial charge on any atom is 0.423 e. The van der Waals surface area contributed by atoms with Crippen molar-refractivity contribution in [2.45, 2.75) is 31.2 Å². The highest BCUT2D eigenvalue weighted by Crippen LogP contribution is 2.53. The zero-order valence-electron chi connectivity index (χ0n) is 13.7. The van der Waals surface area contributed by atoms with Crippen molar-refractivity contribution in [2.75, 3.05) is 0 Å². The summed E-state index contributed by atoms with van der Waals surface area (Å²) < 4.78 is 43.1. The molecule has 1 unspecified atom stereocenters. The van der Waals surface area contributed by atoms with E-state index in [1.807, 2.05) is 18.2 Å². The Hall–Kier alpha value is -1.96. The van der Waals surface area contributed by atoms with E-state index < -0.39 is 23.4 Å². The number of rotatable bonds is 4. The normalized spacial score (nSPS) is 17.0. The lowest BCUT2D eigenvalue weighted by Crippen LogP contribution is -2.44. The molecule has 2 aromatic heterocycles. The summed E-state index contributed by atoms with van der Waals surface area (Å²) in [6.45, 7) is 0.207. The number of alkyl halides is 3. The molecule has 10 heteroatoms. The average molecular weight is 457 g/mol. The minimum Gasteiger partial charge on any atom is -0.375 e. The van der Waals surface area contributed by atoms with Crippen molar-refractivity contribution in [3.63, 3.8) is 0 Å². The molecule has 140 valence electrons. The van der Waals surface area contributed by atoms with E-state index in [0.717, 1.165) is 26.3 Å². The molecular weight excluding hydrogens is 445 g/mol. The number of halogens is 4. The van der Waals surface area contributed by atoms with Gasteiger partial charge >= 0.3 is 6.18 Å². The first-order chi connectivity index (χ1) is 12.7. The van der Waals surface area contributed by atoms with Gasteiger partial charge < -0.3 is 5.11 Å². The van der Waals surface area contributed by atoms with Gasteiger partial charge in [-0.3, -0.25) is 0 Å². The molecule has 5 nitrogen and oxygen atoms in total. The van der Waals surface area contributed by atoms with Gasteiger partial charge in [-0.05, 0) is 40.4 Å². The van der Waals surface area contributed by atoms with E-state index in [0.29, 0.717) is 17.7 Å². The van der Waals surface area contributed by atoms with E-state index in [1.54, 1.807) is 0 Å². The van der Waals surface area contributed by atoms with Crippen molar-refractivity contribution >= 4 is 37.4 Å². The molecule has 0 saturated heterocycles. The lowest BCUT2D eigenvalue weighted by Gasteiger charge is -2.28. The van der Waals surface area contributed by atoms with Gasteiger partial charge in [0.05, 0.1) is 17.2 Å². The van der Waals surface area contributed by atoms with E-state index in [1.165, 1.54) is 16.0 Å². The molecule has 0 amide bonds. The molecule has 1 aliphatic rings. The lowest BCUT2D eigenvalue weighted by molar-refractivity contribution is -0.277. The van der Waals surface area contributed by atoms with Crippen LogP contribution in [0.2, 0.25) is 0 Å². The summed E-state index contributed by atoms with van der Waals surface area (Å²) in [4.78, 5) is 0.560. The number of hydrogen-bond acceptors (Lipinski definition) is 5. The molecule has 0 aliphatic heterocycles. The number of hydrogen-bond donors (Lipinski definition) is 1. The molecule has 1 fully saturated rings. The summed E-state index contributed by atoms with van der Waals surface area (Å²) in [5.74, 6) is -0.869. The van der Waals surface area contributed by atoms with Crippen molar-refractivity contribution < 1.29 is 18.3 Å². The van der Waals surface area contributed by atoms with Gasteiger partial charge in [-0.25, -0.2) is 4.68 Å². The van der Waals surface area contributed by atoms with Crippen LogP contribution in [0.4, 0.5) is 13.2 Å². The SMILES string of the molecule is N#Cc1sc2cc(Cn3cc(C(O)(C4CC4)C(F)(F)F)nn3)ccc2c1Br. The zero-order valence-corrected chi connectivity index (χ0v) is 16.1. The molecule has 1 N–H and O–H groups in total. The Labute approximate surface area is 164 Å². The van der Waals surface area contributed by atoms with E-state index in [-0.39, 0.29) is 6.54 Å². The number of aliphatic hydroxyl groups is 1. The summed E-state index contributed by atoms with van der Waals surface area (Å²) in [7, 11) is 0. The summed E-state index contributed by atoms with van der Waals surface area (Å²) >= 11 is 4.72. The third kappa shape index (κ3) is 3.03. The number of nitriles is 1. The van der Waals surface area contributed by atoms with Gasteiger partial charge in [-0.2, -0.15) is 18.4 Å². The molecule has 1 aliphatic carbocycles. The summed E-state index contributed by atoms with van der Waals surface area (Å²) in [6.07, 6.45) is -3.02. The van der Waals surface area contributed by atoms with Gasteiger partial charge in [0.2, 0.25) is 5.60 Å². The number of aromatic nitrogens is 3. The monoisotopic (exact) mass is 456 g/mol. The highest BCUT2D eigenvalue weighted by Gasteiger charge is 2.64. The second kappa shape index (κ2) is 6.29. The number of fused-ring (bicyclic) bond motifs is 1. The molecular formula is C17H12BrF3N4OS. The van der Waals surface area contributed by atoms with E-state index in [4.69, 9.17) is 5.26 Å². The van der Waals surface area contributed by atoms with Gasteiger partial charge in [-0.15, -0.1) is 16.4 Å². The fourth-order valence-electron chi connectivity index (χ4n) is 3.10. The summed E-state index contributed by atoms with van der Waals surface area (Å²) in [6, 6.07) is 7.65. The molecule has 0 bridgehead atoms.